The molecule has 150 valence electrons. The standard InChI is InChI=1S/C25H21NO3S/c27-25(18-9-3-1-4-10-18)26-23-14-8-7-13-21(23)22-16-15-20(17-24(22)26)30(28,29)19-11-5-2-6-12-19/h1-14,20H,15-17H2. The second-order valence-corrected chi connectivity index (χ2v) is 9.90. The minimum absolute atomic E-state index is 0.120. The molecular formula is C25H21NO3S. The molecule has 5 heteroatoms. The Morgan fingerprint density at radius 2 is 1.47 bits per heavy atom. The first-order chi connectivity index (χ1) is 14.6. The molecule has 0 amide bonds. The average Bonchev–Trinajstić information content (AvgIpc) is 3.13. The number of hydrogen-bond donors (Lipinski definition) is 0. The summed E-state index contributed by atoms with van der Waals surface area (Å²) in [5.74, 6) is -0.120. The maximum absolute atomic E-state index is 13.4. The summed E-state index contributed by atoms with van der Waals surface area (Å²) in [4.78, 5) is 13.8. The molecule has 0 aliphatic heterocycles. The van der Waals surface area contributed by atoms with Gasteiger partial charge in [0.15, 0.2) is 9.84 Å². The number of rotatable bonds is 3. The van der Waals surface area contributed by atoms with Crippen molar-refractivity contribution in [3.8, 4) is 0 Å². The number of hydrogen-bond acceptors (Lipinski definition) is 3. The molecule has 3 aromatic carbocycles. The lowest BCUT2D eigenvalue weighted by Crippen LogP contribution is -2.30. The van der Waals surface area contributed by atoms with Crippen LogP contribution in [0, 0.1) is 0 Å². The SMILES string of the molecule is O=C(c1ccccc1)n1c2c(c3ccccc31)CCC(S(=O)(=O)c1ccccc1)C2. The molecule has 1 aliphatic carbocycles. The normalized spacial score (nSPS) is 16.3. The van der Waals surface area contributed by atoms with E-state index in [2.05, 4.69) is 0 Å². The predicted molar refractivity (Wildman–Crippen MR) is 118 cm³/mol. The first kappa shape index (κ1) is 18.8. The van der Waals surface area contributed by atoms with Crippen molar-refractivity contribution in [2.75, 3.05) is 0 Å². The van der Waals surface area contributed by atoms with Crippen molar-refractivity contribution in [3.05, 3.63) is 102 Å². The molecule has 1 unspecified atom stereocenters. The maximum atomic E-state index is 13.4. The fourth-order valence-electron chi connectivity index (χ4n) is 4.49. The van der Waals surface area contributed by atoms with Gasteiger partial charge in [0.2, 0.25) is 0 Å². The molecule has 30 heavy (non-hydrogen) atoms. The number of sulfone groups is 1. The van der Waals surface area contributed by atoms with E-state index in [0.29, 0.717) is 29.7 Å². The Morgan fingerprint density at radius 3 is 2.20 bits per heavy atom. The quantitative estimate of drug-likeness (QED) is 0.489. The number of para-hydroxylation sites is 1. The second kappa shape index (κ2) is 7.26. The molecule has 1 heterocycles. The monoisotopic (exact) mass is 415 g/mol. The topological polar surface area (TPSA) is 56.1 Å². The summed E-state index contributed by atoms with van der Waals surface area (Å²) < 4.78 is 28.3. The van der Waals surface area contributed by atoms with Gasteiger partial charge in [-0.25, -0.2) is 8.42 Å². The first-order valence-corrected chi connectivity index (χ1v) is 11.6. The van der Waals surface area contributed by atoms with Crippen LogP contribution in [-0.4, -0.2) is 24.1 Å². The molecular weight excluding hydrogens is 394 g/mol. The Labute approximate surface area is 175 Å². The lowest BCUT2D eigenvalue weighted by atomic mass is 9.95. The zero-order valence-corrected chi connectivity index (χ0v) is 17.2. The molecule has 0 saturated heterocycles. The Kier molecular flexibility index (Phi) is 4.55. The first-order valence-electron chi connectivity index (χ1n) is 10.1. The Bertz CT molecular complexity index is 1340. The zero-order valence-electron chi connectivity index (χ0n) is 16.4. The fraction of sp³-hybridized carbons (Fsp3) is 0.160. The minimum atomic E-state index is -3.47. The molecule has 0 fully saturated rings. The molecule has 1 aromatic heterocycles. The Hall–Kier alpha value is -3.18. The summed E-state index contributed by atoms with van der Waals surface area (Å²) in [5, 5.41) is 0.492. The van der Waals surface area contributed by atoms with Gasteiger partial charge in [0, 0.05) is 23.1 Å². The lowest BCUT2D eigenvalue weighted by Gasteiger charge is -2.24. The Balaban J connectivity index is 1.64. The van der Waals surface area contributed by atoms with Crippen LogP contribution in [-0.2, 0) is 22.7 Å². The van der Waals surface area contributed by atoms with Gasteiger partial charge in [-0.2, -0.15) is 0 Å². The Morgan fingerprint density at radius 1 is 0.833 bits per heavy atom. The number of fused-ring (bicyclic) bond motifs is 3. The van der Waals surface area contributed by atoms with Crippen molar-refractivity contribution in [1.29, 1.82) is 0 Å². The summed E-state index contributed by atoms with van der Waals surface area (Å²) >= 11 is 0. The molecule has 4 nitrogen and oxygen atoms in total. The van der Waals surface area contributed by atoms with E-state index in [9.17, 15) is 13.2 Å². The minimum Gasteiger partial charge on any atom is -0.280 e. The van der Waals surface area contributed by atoms with Crippen LogP contribution in [0.4, 0.5) is 0 Å². The van der Waals surface area contributed by atoms with Crippen molar-refractivity contribution in [2.45, 2.75) is 29.4 Å². The zero-order chi connectivity index (χ0) is 20.7. The predicted octanol–water partition coefficient (Wildman–Crippen LogP) is 4.66. The summed E-state index contributed by atoms with van der Waals surface area (Å²) in [5.41, 5.74) is 3.35. The number of carbonyl (C=O) groups is 1. The highest BCUT2D eigenvalue weighted by Gasteiger charge is 2.35. The van der Waals surface area contributed by atoms with E-state index in [1.807, 2.05) is 48.5 Å². The molecule has 0 radical (unpaired) electrons. The number of benzene rings is 3. The molecule has 0 bridgehead atoms. The molecule has 5 rings (SSSR count). The van der Waals surface area contributed by atoms with E-state index in [4.69, 9.17) is 0 Å². The van der Waals surface area contributed by atoms with Gasteiger partial charge in [0.05, 0.1) is 15.7 Å². The molecule has 0 saturated carbocycles. The molecule has 1 aliphatic rings. The maximum Gasteiger partial charge on any atom is 0.262 e. The van der Waals surface area contributed by atoms with Crippen LogP contribution < -0.4 is 0 Å². The van der Waals surface area contributed by atoms with Crippen LogP contribution >= 0.6 is 0 Å². The van der Waals surface area contributed by atoms with E-state index in [0.717, 1.165) is 22.2 Å². The van der Waals surface area contributed by atoms with Gasteiger partial charge in [0.25, 0.3) is 5.91 Å². The summed E-state index contributed by atoms with van der Waals surface area (Å²) in [7, 11) is -3.47. The molecule has 1 atom stereocenters. The number of carbonyl (C=O) groups excluding carboxylic acids is 1. The summed E-state index contributed by atoms with van der Waals surface area (Å²) in [6.45, 7) is 0. The van der Waals surface area contributed by atoms with Gasteiger partial charge in [-0.1, -0.05) is 54.6 Å². The van der Waals surface area contributed by atoms with Gasteiger partial charge >= 0.3 is 0 Å². The van der Waals surface area contributed by atoms with Gasteiger partial charge in [-0.05, 0) is 48.7 Å². The molecule has 0 spiro atoms. The molecule has 4 aromatic rings. The van der Waals surface area contributed by atoms with Crippen LogP contribution in [0.15, 0.2) is 89.8 Å². The highest BCUT2D eigenvalue weighted by Crippen LogP contribution is 2.36. The van der Waals surface area contributed by atoms with Crippen molar-refractivity contribution in [1.82, 2.24) is 4.57 Å². The summed E-state index contributed by atoms with van der Waals surface area (Å²) in [6.07, 6.45) is 1.53. The van der Waals surface area contributed by atoms with E-state index in [1.54, 1.807) is 41.0 Å². The third-order valence-corrected chi connectivity index (χ3v) is 8.17. The highest BCUT2D eigenvalue weighted by atomic mass is 32.2. The lowest BCUT2D eigenvalue weighted by molar-refractivity contribution is 0.0961. The largest absolute Gasteiger partial charge is 0.280 e. The summed E-state index contributed by atoms with van der Waals surface area (Å²) in [6, 6.07) is 25.6. The highest BCUT2D eigenvalue weighted by molar-refractivity contribution is 7.92. The van der Waals surface area contributed by atoms with Crippen molar-refractivity contribution in [2.24, 2.45) is 0 Å². The van der Waals surface area contributed by atoms with Gasteiger partial charge in [-0.15, -0.1) is 0 Å². The van der Waals surface area contributed by atoms with Crippen LogP contribution in [0.5, 0.6) is 0 Å². The third kappa shape index (κ3) is 2.97. The van der Waals surface area contributed by atoms with Crippen LogP contribution in [0.1, 0.15) is 28.0 Å². The smallest absolute Gasteiger partial charge is 0.262 e. The molecule has 0 N–H and O–H groups in total. The van der Waals surface area contributed by atoms with E-state index in [-0.39, 0.29) is 5.91 Å². The van der Waals surface area contributed by atoms with Crippen molar-refractivity contribution >= 4 is 26.6 Å². The van der Waals surface area contributed by atoms with Crippen LogP contribution in [0.25, 0.3) is 10.9 Å². The third-order valence-electron chi connectivity index (χ3n) is 5.96. The van der Waals surface area contributed by atoms with Gasteiger partial charge in [-0.3, -0.25) is 9.36 Å². The van der Waals surface area contributed by atoms with Crippen molar-refractivity contribution in [3.63, 3.8) is 0 Å². The number of aryl methyl sites for hydroxylation is 1. The van der Waals surface area contributed by atoms with E-state index >= 15 is 0 Å². The number of aromatic nitrogens is 1. The van der Waals surface area contributed by atoms with E-state index < -0.39 is 15.1 Å². The van der Waals surface area contributed by atoms with Crippen LogP contribution in [0.2, 0.25) is 0 Å². The average molecular weight is 416 g/mol. The van der Waals surface area contributed by atoms with E-state index in [1.165, 1.54) is 0 Å². The van der Waals surface area contributed by atoms with Gasteiger partial charge in [0.1, 0.15) is 0 Å². The number of nitrogens with zero attached hydrogens (tertiary/aromatic N) is 1. The van der Waals surface area contributed by atoms with Gasteiger partial charge < -0.3 is 0 Å². The fourth-order valence-corrected chi connectivity index (χ4v) is 6.21. The van der Waals surface area contributed by atoms with Crippen molar-refractivity contribution < 1.29 is 13.2 Å². The van der Waals surface area contributed by atoms with Crippen LogP contribution in [0.3, 0.4) is 0 Å². The second-order valence-electron chi connectivity index (χ2n) is 7.67.